The summed E-state index contributed by atoms with van der Waals surface area (Å²) in [5.41, 5.74) is 2.61. The summed E-state index contributed by atoms with van der Waals surface area (Å²) in [5.74, 6) is 1.34. The molecule has 0 aliphatic heterocycles. The summed E-state index contributed by atoms with van der Waals surface area (Å²) < 4.78 is 14.0. The monoisotopic (exact) mass is 573 g/mol. The molecular formula is C29H21BrClN3O3. The molecular weight excluding hydrogens is 554 g/mol. The molecule has 0 unspecified atom stereocenters. The molecule has 37 heavy (non-hydrogen) atoms. The third kappa shape index (κ3) is 5.43. The maximum absolute atomic E-state index is 13.5. The molecule has 0 spiro atoms. The van der Waals surface area contributed by atoms with Gasteiger partial charge in [-0.3, -0.25) is 4.79 Å². The van der Waals surface area contributed by atoms with Gasteiger partial charge in [-0.25, -0.2) is 4.98 Å². The second kappa shape index (κ2) is 11.0. The van der Waals surface area contributed by atoms with Gasteiger partial charge < -0.3 is 9.47 Å². The van der Waals surface area contributed by atoms with Crippen LogP contribution in [0, 0.1) is 0 Å². The van der Waals surface area contributed by atoms with E-state index in [1.165, 1.54) is 10.9 Å². The van der Waals surface area contributed by atoms with Gasteiger partial charge >= 0.3 is 0 Å². The molecule has 0 fully saturated rings. The zero-order valence-corrected chi connectivity index (χ0v) is 22.1. The topological polar surface area (TPSA) is 65.7 Å². The summed E-state index contributed by atoms with van der Waals surface area (Å²) in [6.45, 7) is 0.304. The normalized spacial score (nSPS) is 11.2. The lowest BCUT2D eigenvalue weighted by molar-refractivity contribution is 0.284. The second-order valence-electron chi connectivity index (χ2n) is 8.12. The zero-order chi connectivity index (χ0) is 25.8. The van der Waals surface area contributed by atoms with E-state index in [4.69, 9.17) is 26.1 Å². The highest BCUT2D eigenvalue weighted by atomic mass is 79.9. The van der Waals surface area contributed by atoms with Crippen LogP contribution in [-0.4, -0.2) is 23.0 Å². The molecule has 0 saturated heterocycles. The lowest BCUT2D eigenvalue weighted by atomic mass is 10.2. The minimum atomic E-state index is -0.285. The van der Waals surface area contributed by atoms with Gasteiger partial charge in [-0.2, -0.15) is 9.78 Å². The molecule has 0 atom stereocenters. The number of benzene rings is 4. The number of aromatic nitrogens is 2. The first kappa shape index (κ1) is 24.7. The van der Waals surface area contributed by atoms with Gasteiger partial charge in [0.05, 0.1) is 24.2 Å². The summed E-state index contributed by atoms with van der Waals surface area (Å²) in [5, 5.41) is 5.48. The van der Waals surface area contributed by atoms with Crippen LogP contribution in [0.4, 0.5) is 0 Å². The minimum Gasteiger partial charge on any atom is -0.493 e. The quantitative estimate of drug-likeness (QED) is 0.197. The van der Waals surface area contributed by atoms with Crippen LogP contribution in [0.3, 0.4) is 0 Å². The fourth-order valence-electron chi connectivity index (χ4n) is 3.85. The van der Waals surface area contributed by atoms with Crippen molar-refractivity contribution in [3.05, 3.63) is 122 Å². The molecule has 0 amide bonds. The lowest BCUT2D eigenvalue weighted by Crippen LogP contribution is -2.20. The van der Waals surface area contributed by atoms with Crippen LogP contribution in [0.1, 0.15) is 11.1 Å². The first-order chi connectivity index (χ1) is 18.0. The number of ether oxygens (including phenoxy) is 2. The molecule has 0 aliphatic carbocycles. The average Bonchev–Trinajstić information content (AvgIpc) is 2.93. The van der Waals surface area contributed by atoms with Crippen molar-refractivity contribution in [1.29, 1.82) is 0 Å². The largest absolute Gasteiger partial charge is 0.493 e. The van der Waals surface area contributed by atoms with Gasteiger partial charge in [0.2, 0.25) is 0 Å². The Morgan fingerprint density at radius 3 is 2.49 bits per heavy atom. The fraction of sp³-hybridized carbons (Fsp3) is 0.0690. The summed E-state index contributed by atoms with van der Waals surface area (Å²) in [7, 11) is 1.55. The van der Waals surface area contributed by atoms with Gasteiger partial charge in [0, 0.05) is 26.7 Å². The predicted octanol–water partition coefficient (Wildman–Crippen LogP) is 6.95. The van der Waals surface area contributed by atoms with E-state index >= 15 is 0 Å². The Bertz CT molecular complexity index is 1650. The van der Waals surface area contributed by atoms with Crippen molar-refractivity contribution in [2.24, 2.45) is 5.10 Å². The van der Waals surface area contributed by atoms with E-state index in [0.717, 1.165) is 15.6 Å². The maximum atomic E-state index is 13.5. The number of halogens is 2. The Hall–Kier alpha value is -3.94. The highest BCUT2D eigenvalue weighted by Crippen LogP contribution is 2.34. The second-order valence-corrected chi connectivity index (χ2v) is 9.47. The molecule has 0 bridgehead atoms. The van der Waals surface area contributed by atoms with Gasteiger partial charge in [0.1, 0.15) is 6.61 Å². The predicted molar refractivity (Wildman–Crippen MR) is 151 cm³/mol. The molecule has 6 nitrogen and oxygen atoms in total. The number of para-hydroxylation sites is 1. The van der Waals surface area contributed by atoms with Crippen LogP contribution in [0.25, 0.3) is 22.3 Å². The highest BCUT2D eigenvalue weighted by molar-refractivity contribution is 9.10. The van der Waals surface area contributed by atoms with Crippen molar-refractivity contribution in [3.63, 3.8) is 0 Å². The van der Waals surface area contributed by atoms with Crippen LogP contribution in [0.15, 0.2) is 105 Å². The first-order valence-electron chi connectivity index (χ1n) is 11.4. The van der Waals surface area contributed by atoms with Gasteiger partial charge in [0.15, 0.2) is 17.3 Å². The summed E-state index contributed by atoms with van der Waals surface area (Å²) in [6.07, 6.45) is 1.54. The Kier molecular flexibility index (Phi) is 7.35. The van der Waals surface area contributed by atoms with Crippen molar-refractivity contribution < 1.29 is 9.47 Å². The van der Waals surface area contributed by atoms with Crippen molar-refractivity contribution in [2.45, 2.75) is 6.61 Å². The molecule has 5 rings (SSSR count). The fourth-order valence-corrected chi connectivity index (χ4v) is 4.33. The number of hydrogen-bond acceptors (Lipinski definition) is 5. The zero-order valence-electron chi connectivity index (χ0n) is 19.8. The molecule has 184 valence electrons. The van der Waals surface area contributed by atoms with Crippen LogP contribution < -0.4 is 15.0 Å². The third-order valence-corrected chi connectivity index (χ3v) is 6.41. The van der Waals surface area contributed by atoms with E-state index < -0.39 is 0 Å². The molecule has 4 aromatic carbocycles. The molecule has 0 aliphatic rings. The molecule has 1 aromatic heterocycles. The molecule has 0 saturated carbocycles. The molecule has 1 heterocycles. The average molecular weight is 575 g/mol. The lowest BCUT2D eigenvalue weighted by Gasteiger charge is -2.14. The Morgan fingerprint density at radius 1 is 1.00 bits per heavy atom. The standard InChI is InChI=1S/C29H21BrClN3O3/c1-36-26-16-23(31)15-21(27(26)37-18-19-11-13-22(30)14-12-19)17-32-34-28(20-7-3-2-4-8-20)33-25-10-6-5-9-24(25)29(34)35/h2-17H,18H2,1H3. The Morgan fingerprint density at radius 2 is 1.73 bits per heavy atom. The van der Waals surface area contributed by atoms with Crippen molar-refractivity contribution in [1.82, 2.24) is 9.66 Å². The van der Waals surface area contributed by atoms with Crippen molar-refractivity contribution in [2.75, 3.05) is 7.11 Å². The van der Waals surface area contributed by atoms with Crippen molar-refractivity contribution >= 4 is 44.6 Å². The van der Waals surface area contributed by atoms with E-state index in [9.17, 15) is 4.79 Å². The molecule has 8 heteroatoms. The van der Waals surface area contributed by atoms with E-state index in [2.05, 4.69) is 21.0 Å². The third-order valence-electron chi connectivity index (χ3n) is 5.66. The number of hydrogen-bond donors (Lipinski definition) is 0. The molecule has 0 N–H and O–H groups in total. The SMILES string of the molecule is COc1cc(Cl)cc(C=Nn2c(-c3ccccc3)nc3ccccc3c2=O)c1OCc1ccc(Br)cc1. The van der Waals surface area contributed by atoms with Crippen molar-refractivity contribution in [3.8, 4) is 22.9 Å². The van der Waals surface area contributed by atoms with Gasteiger partial charge in [-0.15, -0.1) is 0 Å². The van der Waals surface area contributed by atoms with E-state index in [1.807, 2.05) is 66.7 Å². The number of nitrogens with zero attached hydrogens (tertiary/aromatic N) is 3. The Balaban J connectivity index is 1.60. The number of fused-ring (bicyclic) bond motifs is 1. The van der Waals surface area contributed by atoms with Crippen LogP contribution in [-0.2, 0) is 6.61 Å². The van der Waals surface area contributed by atoms with Gasteiger partial charge in [-0.1, -0.05) is 82.1 Å². The first-order valence-corrected chi connectivity index (χ1v) is 12.6. The summed E-state index contributed by atoms with van der Waals surface area (Å²) >= 11 is 9.81. The summed E-state index contributed by atoms with van der Waals surface area (Å²) in [4.78, 5) is 18.2. The van der Waals surface area contributed by atoms with Crippen LogP contribution in [0.2, 0.25) is 5.02 Å². The highest BCUT2D eigenvalue weighted by Gasteiger charge is 2.15. The molecule has 5 aromatic rings. The maximum Gasteiger partial charge on any atom is 0.282 e. The number of methoxy groups -OCH3 is 1. The summed E-state index contributed by atoms with van der Waals surface area (Å²) in [6, 6.07) is 27.9. The Labute approximate surface area is 226 Å². The van der Waals surface area contributed by atoms with Gasteiger partial charge in [0.25, 0.3) is 5.56 Å². The van der Waals surface area contributed by atoms with Crippen LogP contribution >= 0.6 is 27.5 Å². The minimum absolute atomic E-state index is 0.285. The van der Waals surface area contributed by atoms with Crippen LogP contribution in [0.5, 0.6) is 11.5 Å². The number of rotatable bonds is 7. The smallest absolute Gasteiger partial charge is 0.282 e. The van der Waals surface area contributed by atoms with Gasteiger partial charge in [-0.05, 0) is 35.9 Å². The van der Waals surface area contributed by atoms with E-state index in [1.54, 1.807) is 31.4 Å². The van der Waals surface area contributed by atoms with E-state index in [0.29, 0.717) is 45.4 Å². The van der Waals surface area contributed by atoms with E-state index in [-0.39, 0.29) is 5.56 Å². The molecule has 0 radical (unpaired) electrons.